The molecule has 26 heavy (non-hydrogen) atoms. The number of hydrogen-bond donors (Lipinski definition) is 0. The summed E-state index contributed by atoms with van der Waals surface area (Å²) < 4.78 is 0. The molecule has 5 aliphatic rings. The van der Waals surface area contributed by atoms with E-state index in [4.69, 9.17) is 0 Å². The molecule has 0 aromatic carbocycles. The monoisotopic (exact) mass is 360 g/mol. The first-order valence-electron chi connectivity index (χ1n) is 11.0. The Morgan fingerprint density at radius 3 is 2.08 bits per heavy atom. The highest BCUT2D eigenvalue weighted by atomic mass is 16.2. The number of fused-ring (bicyclic) bond motifs is 3. The lowest BCUT2D eigenvalue weighted by Crippen LogP contribution is -2.57. The Morgan fingerprint density at radius 1 is 0.962 bits per heavy atom. The van der Waals surface area contributed by atoms with Crippen molar-refractivity contribution in [1.29, 1.82) is 0 Å². The molecule has 1 aliphatic carbocycles. The summed E-state index contributed by atoms with van der Waals surface area (Å²) in [6.07, 6.45) is 8.39. The van der Waals surface area contributed by atoms with E-state index in [1.54, 1.807) is 0 Å². The average Bonchev–Trinajstić information content (AvgIpc) is 3.04. The van der Waals surface area contributed by atoms with Crippen LogP contribution in [0.4, 0.5) is 0 Å². The number of nitrogens with zero attached hydrogens (tertiary/aromatic N) is 2. The first kappa shape index (κ1) is 18.6. The predicted molar refractivity (Wildman–Crippen MR) is 103 cm³/mol. The second-order valence-electron chi connectivity index (χ2n) is 9.71. The summed E-state index contributed by atoms with van der Waals surface area (Å²) in [6, 6.07) is 0.667. The van der Waals surface area contributed by atoms with E-state index in [-0.39, 0.29) is 17.0 Å². The number of ketones is 2. The standard InChI is InChI=1S/C22H36N2O2/c1-3-7-22(8-4-2)19(25)13-21(14-20(22)26)9-12-24(16-21)18-15-23-10-5-17(18)6-11-23/h17-18H,3-16H2,1-2H3. The third kappa shape index (κ3) is 2.97. The molecule has 0 radical (unpaired) electrons. The molecule has 4 heterocycles. The molecule has 0 aromatic rings. The van der Waals surface area contributed by atoms with Crippen LogP contribution in [0.15, 0.2) is 0 Å². The molecular formula is C22H36N2O2. The van der Waals surface area contributed by atoms with Crippen molar-refractivity contribution in [2.45, 2.75) is 77.7 Å². The Morgan fingerprint density at radius 2 is 1.58 bits per heavy atom. The molecule has 5 rings (SSSR count). The zero-order chi connectivity index (χ0) is 18.4. The van der Waals surface area contributed by atoms with Crippen LogP contribution in [-0.4, -0.2) is 60.1 Å². The molecule has 4 heteroatoms. The van der Waals surface area contributed by atoms with Gasteiger partial charge in [0.05, 0.1) is 5.41 Å². The number of hydrogen-bond acceptors (Lipinski definition) is 4. The van der Waals surface area contributed by atoms with Crippen molar-refractivity contribution in [3.63, 3.8) is 0 Å². The molecular weight excluding hydrogens is 324 g/mol. The molecule has 5 fully saturated rings. The predicted octanol–water partition coefficient (Wildman–Crippen LogP) is 3.29. The van der Waals surface area contributed by atoms with Crippen LogP contribution in [0, 0.1) is 16.7 Å². The van der Waals surface area contributed by atoms with Crippen molar-refractivity contribution < 1.29 is 9.59 Å². The maximum Gasteiger partial charge on any atom is 0.147 e. The molecule has 1 saturated carbocycles. The second kappa shape index (κ2) is 7.01. The van der Waals surface area contributed by atoms with Crippen molar-refractivity contribution in [2.24, 2.45) is 16.7 Å². The van der Waals surface area contributed by atoms with E-state index >= 15 is 0 Å². The minimum absolute atomic E-state index is 0.0504. The number of Topliss-reactive ketones (excluding diaryl/α,β-unsaturated/α-hetero) is 2. The third-order valence-corrected chi connectivity index (χ3v) is 8.05. The fraction of sp³-hybridized carbons (Fsp3) is 0.909. The van der Waals surface area contributed by atoms with E-state index in [1.807, 2.05) is 0 Å². The van der Waals surface area contributed by atoms with E-state index in [9.17, 15) is 9.59 Å². The van der Waals surface area contributed by atoms with Crippen molar-refractivity contribution >= 4 is 11.6 Å². The lowest BCUT2D eigenvalue weighted by atomic mass is 9.59. The van der Waals surface area contributed by atoms with Crippen LogP contribution in [0.25, 0.3) is 0 Å². The summed E-state index contributed by atoms with van der Waals surface area (Å²) in [4.78, 5) is 31.7. The maximum absolute atomic E-state index is 13.2. The number of piperidine rings is 3. The van der Waals surface area contributed by atoms with E-state index in [2.05, 4.69) is 23.6 Å². The van der Waals surface area contributed by atoms with Gasteiger partial charge in [-0.2, -0.15) is 0 Å². The first-order valence-corrected chi connectivity index (χ1v) is 11.0. The van der Waals surface area contributed by atoms with Crippen LogP contribution >= 0.6 is 0 Å². The van der Waals surface area contributed by atoms with Crippen LogP contribution in [0.2, 0.25) is 0 Å². The average molecular weight is 361 g/mol. The van der Waals surface area contributed by atoms with Crippen molar-refractivity contribution in [3.05, 3.63) is 0 Å². The Kier molecular flexibility index (Phi) is 5.02. The zero-order valence-corrected chi connectivity index (χ0v) is 16.8. The van der Waals surface area contributed by atoms with Crippen LogP contribution in [0.3, 0.4) is 0 Å². The van der Waals surface area contributed by atoms with Crippen LogP contribution in [-0.2, 0) is 9.59 Å². The molecule has 0 N–H and O–H groups in total. The molecule has 2 bridgehead atoms. The highest BCUT2D eigenvalue weighted by Gasteiger charge is 2.56. The fourth-order valence-electron chi connectivity index (χ4n) is 6.66. The highest BCUT2D eigenvalue weighted by molar-refractivity contribution is 6.09. The summed E-state index contributed by atoms with van der Waals surface area (Å²) in [5.74, 6) is 1.38. The van der Waals surface area contributed by atoms with Crippen molar-refractivity contribution in [2.75, 3.05) is 32.7 Å². The van der Waals surface area contributed by atoms with Gasteiger partial charge in [-0.25, -0.2) is 0 Å². The van der Waals surface area contributed by atoms with Gasteiger partial charge in [-0.1, -0.05) is 26.7 Å². The van der Waals surface area contributed by atoms with Gasteiger partial charge in [0.25, 0.3) is 0 Å². The fourth-order valence-corrected chi connectivity index (χ4v) is 6.66. The summed E-state index contributed by atoms with van der Waals surface area (Å²) in [5.41, 5.74) is -0.692. The Bertz CT molecular complexity index is 538. The van der Waals surface area contributed by atoms with E-state index in [1.165, 1.54) is 32.5 Å². The van der Waals surface area contributed by atoms with E-state index in [0.29, 0.717) is 18.9 Å². The summed E-state index contributed by atoms with van der Waals surface area (Å²) in [7, 11) is 0. The van der Waals surface area contributed by atoms with Gasteiger partial charge in [-0.3, -0.25) is 14.5 Å². The maximum atomic E-state index is 13.2. The van der Waals surface area contributed by atoms with Crippen LogP contribution in [0.5, 0.6) is 0 Å². The molecule has 0 aromatic heterocycles. The first-order chi connectivity index (χ1) is 12.5. The highest BCUT2D eigenvalue weighted by Crippen LogP contribution is 2.50. The van der Waals surface area contributed by atoms with Crippen LogP contribution < -0.4 is 0 Å². The summed E-state index contributed by atoms with van der Waals surface area (Å²) in [6.45, 7) is 10.0. The topological polar surface area (TPSA) is 40.6 Å². The molecule has 1 atom stereocenters. The second-order valence-corrected chi connectivity index (χ2v) is 9.71. The number of rotatable bonds is 5. The van der Waals surface area contributed by atoms with Gasteiger partial charge in [0, 0.05) is 32.0 Å². The number of likely N-dealkylation sites (tertiary alicyclic amines) is 1. The number of carbonyl (C=O) groups excluding carboxylic acids is 2. The molecule has 4 nitrogen and oxygen atoms in total. The minimum Gasteiger partial charge on any atom is -0.302 e. The Hall–Kier alpha value is -0.740. The molecule has 4 aliphatic heterocycles. The van der Waals surface area contributed by atoms with Gasteiger partial charge in [0.15, 0.2) is 0 Å². The number of carbonyl (C=O) groups is 2. The van der Waals surface area contributed by atoms with Crippen molar-refractivity contribution in [3.8, 4) is 0 Å². The third-order valence-electron chi connectivity index (χ3n) is 8.05. The van der Waals surface area contributed by atoms with Crippen LogP contribution in [0.1, 0.15) is 71.6 Å². The lowest BCUT2D eigenvalue weighted by Gasteiger charge is -2.49. The van der Waals surface area contributed by atoms with E-state index in [0.717, 1.165) is 51.1 Å². The lowest BCUT2D eigenvalue weighted by molar-refractivity contribution is -0.150. The zero-order valence-electron chi connectivity index (χ0n) is 16.8. The van der Waals surface area contributed by atoms with Crippen molar-refractivity contribution in [1.82, 2.24) is 9.80 Å². The SMILES string of the molecule is CCCC1(CCC)C(=O)CC2(CCN(C3CN4CCC3CC4)C2)CC1=O. The summed E-state index contributed by atoms with van der Waals surface area (Å²) in [5, 5.41) is 0. The molecule has 1 spiro atoms. The largest absolute Gasteiger partial charge is 0.302 e. The summed E-state index contributed by atoms with van der Waals surface area (Å²) >= 11 is 0. The van der Waals surface area contributed by atoms with Gasteiger partial charge in [0.1, 0.15) is 11.6 Å². The van der Waals surface area contributed by atoms with Gasteiger partial charge in [-0.05, 0) is 63.1 Å². The van der Waals surface area contributed by atoms with Gasteiger partial charge < -0.3 is 4.90 Å². The molecule has 1 unspecified atom stereocenters. The molecule has 0 amide bonds. The van der Waals surface area contributed by atoms with Gasteiger partial charge >= 0.3 is 0 Å². The Labute approximate surface area is 158 Å². The Balaban J connectivity index is 1.48. The quantitative estimate of drug-likeness (QED) is 0.706. The van der Waals surface area contributed by atoms with Gasteiger partial charge in [0.2, 0.25) is 0 Å². The molecule has 146 valence electrons. The molecule has 4 saturated heterocycles. The smallest absolute Gasteiger partial charge is 0.147 e. The van der Waals surface area contributed by atoms with Gasteiger partial charge in [-0.15, -0.1) is 0 Å². The van der Waals surface area contributed by atoms with E-state index < -0.39 is 5.41 Å². The minimum atomic E-state index is -0.641. The normalized spacial score (nSPS) is 36.2.